The number of aryl methyl sites for hydroxylation is 1. The lowest BCUT2D eigenvalue weighted by molar-refractivity contribution is -0.104. The molecule has 0 aliphatic carbocycles. The number of benzene rings is 1. The minimum atomic E-state index is 0.298. The lowest BCUT2D eigenvalue weighted by atomic mass is 9.94. The lowest BCUT2D eigenvalue weighted by Crippen LogP contribution is -1.94. The van der Waals surface area contributed by atoms with Crippen LogP contribution in [0.1, 0.15) is 43.7 Å². The molecule has 1 atom stereocenters. The van der Waals surface area contributed by atoms with Crippen LogP contribution in [0.5, 0.6) is 5.75 Å². The van der Waals surface area contributed by atoms with Gasteiger partial charge in [0.25, 0.3) is 0 Å². The standard InChI is InChI=1S/C15H20O2/c1-11-7-8-14(15(17)9-11)13(3)6-4-5-12(2)10-16/h5,7-10,13,17H,4,6H2,1-3H3/b12-5+/t13-/m0/s1. The van der Waals surface area contributed by atoms with E-state index >= 15 is 0 Å². The Bertz CT molecular complexity index is 419. The fraction of sp³-hybridized carbons (Fsp3) is 0.400. The molecule has 0 fully saturated rings. The third kappa shape index (κ3) is 4.06. The van der Waals surface area contributed by atoms with Crippen LogP contribution in [0.4, 0.5) is 0 Å². The molecule has 0 spiro atoms. The summed E-state index contributed by atoms with van der Waals surface area (Å²) in [7, 11) is 0. The van der Waals surface area contributed by atoms with Gasteiger partial charge in [-0.1, -0.05) is 25.1 Å². The van der Waals surface area contributed by atoms with Crippen molar-refractivity contribution < 1.29 is 9.90 Å². The van der Waals surface area contributed by atoms with Crippen LogP contribution in [0.15, 0.2) is 29.8 Å². The maximum atomic E-state index is 10.4. The van der Waals surface area contributed by atoms with E-state index in [2.05, 4.69) is 6.92 Å². The number of hydrogen-bond acceptors (Lipinski definition) is 2. The summed E-state index contributed by atoms with van der Waals surface area (Å²) in [6.45, 7) is 5.86. The number of allylic oxidation sites excluding steroid dienone is 2. The number of hydrogen-bond donors (Lipinski definition) is 1. The van der Waals surface area contributed by atoms with Gasteiger partial charge < -0.3 is 5.11 Å². The Balaban J connectivity index is 2.64. The van der Waals surface area contributed by atoms with Crippen LogP contribution in [0.2, 0.25) is 0 Å². The second-order valence-electron chi connectivity index (χ2n) is 4.61. The first kappa shape index (κ1) is 13.5. The van der Waals surface area contributed by atoms with E-state index in [1.165, 1.54) is 0 Å². The molecule has 0 unspecified atom stereocenters. The van der Waals surface area contributed by atoms with Gasteiger partial charge in [-0.05, 0) is 55.4 Å². The summed E-state index contributed by atoms with van der Waals surface area (Å²) in [5.41, 5.74) is 2.81. The van der Waals surface area contributed by atoms with Crippen LogP contribution < -0.4 is 0 Å². The lowest BCUT2D eigenvalue weighted by Gasteiger charge is -2.13. The molecule has 0 radical (unpaired) electrons. The molecule has 2 heteroatoms. The Hall–Kier alpha value is -1.57. The molecule has 0 aliphatic rings. The molecule has 92 valence electrons. The largest absolute Gasteiger partial charge is 0.508 e. The molecule has 0 saturated heterocycles. The maximum Gasteiger partial charge on any atom is 0.145 e. The Labute approximate surface area is 103 Å². The van der Waals surface area contributed by atoms with Crippen LogP contribution in [0.25, 0.3) is 0 Å². The second-order valence-corrected chi connectivity index (χ2v) is 4.61. The summed E-state index contributed by atoms with van der Waals surface area (Å²) in [5, 5.41) is 9.84. The van der Waals surface area contributed by atoms with Crippen molar-refractivity contribution in [2.24, 2.45) is 0 Å². The zero-order chi connectivity index (χ0) is 12.8. The molecule has 0 saturated carbocycles. The molecule has 0 aromatic heterocycles. The van der Waals surface area contributed by atoms with Crippen LogP contribution >= 0.6 is 0 Å². The highest BCUT2D eigenvalue weighted by atomic mass is 16.3. The van der Waals surface area contributed by atoms with E-state index in [-0.39, 0.29) is 0 Å². The Kier molecular flexibility index (Phi) is 4.95. The van der Waals surface area contributed by atoms with Crippen LogP contribution in [0, 0.1) is 6.92 Å². The van der Waals surface area contributed by atoms with E-state index in [0.29, 0.717) is 11.7 Å². The van der Waals surface area contributed by atoms with E-state index in [1.54, 1.807) is 13.0 Å². The molecule has 1 aromatic rings. The fourth-order valence-electron chi connectivity index (χ4n) is 1.84. The Morgan fingerprint density at radius 3 is 2.76 bits per heavy atom. The zero-order valence-corrected chi connectivity index (χ0v) is 10.7. The van der Waals surface area contributed by atoms with Crippen molar-refractivity contribution in [1.29, 1.82) is 0 Å². The smallest absolute Gasteiger partial charge is 0.145 e. The first-order chi connectivity index (χ1) is 8.04. The molecular formula is C15H20O2. The average molecular weight is 232 g/mol. The number of aromatic hydroxyl groups is 1. The van der Waals surface area contributed by atoms with Crippen molar-refractivity contribution in [2.45, 2.75) is 39.5 Å². The van der Waals surface area contributed by atoms with E-state index in [4.69, 9.17) is 0 Å². The van der Waals surface area contributed by atoms with Crippen molar-refractivity contribution in [2.75, 3.05) is 0 Å². The molecule has 2 nitrogen and oxygen atoms in total. The molecule has 1 aromatic carbocycles. The van der Waals surface area contributed by atoms with E-state index in [9.17, 15) is 9.90 Å². The second kappa shape index (κ2) is 6.24. The predicted octanol–water partition coefficient (Wildman–Crippen LogP) is 3.73. The number of aldehydes is 1. The summed E-state index contributed by atoms with van der Waals surface area (Å²) < 4.78 is 0. The highest BCUT2D eigenvalue weighted by molar-refractivity contribution is 5.71. The molecule has 0 aliphatic heterocycles. The molecular weight excluding hydrogens is 212 g/mol. The first-order valence-electron chi connectivity index (χ1n) is 5.96. The van der Waals surface area contributed by atoms with Crippen molar-refractivity contribution in [3.8, 4) is 5.75 Å². The van der Waals surface area contributed by atoms with Crippen molar-refractivity contribution in [1.82, 2.24) is 0 Å². The minimum Gasteiger partial charge on any atom is -0.508 e. The van der Waals surface area contributed by atoms with Gasteiger partial charge in [0.1, 0.15) is 12.0 Å². The third-order valence-corrected chi connectivity index (χ3v) is 2.97. The van der Waals surface area contributed by atoms with Crippen molar-refractivity contribution in [3.05, 3.63) is 41.0 Å². The Morgan fingerprint density at radius 1 is 1.47 bits per heavy atom. The molecule has 0 amide bonds. The average Bonchev–Trinajstić information content (AvgIpc) is 2.28. The van der Waals surface area contributed by atoms with E-state index in [0.717, 1.165) is 35.8 Å². The molecule has 0 bridgehead atoms. The topological polar surface area (TPSA) is 37.3 Å². The number of phenolic OH excluding ortho intramolecular Hbond substituents is 1. The summed E-state index contributed by atoms with van der Waals surface area (Å²) in [6.07, 6.45) is 4.60. The highest BCUT2D eigenvalue weighted by Crippen LogP contribution is 2.29. The minimum absolute atomic E-state index is 0.298. The van der Waals surface area contributed by atoms with Gasteiger partial charge in [-0.25, -0.2) is 0 Å². The summed E-state index contributed by atoms with van der Waals surface area (Å²) in [4.78, 5) is 10.4. The van der Waals surface area contributed by atoms with E-state index in [1.807, 2.05) is 25.1 Å². The summed E-state index contributed by atoms with van der Waals surface area (Å²) >= 11 is 0. The van der Waals surface area contributed by atoms with Gasteiger partial charge in [0.05, 0.1) is 0 Å². The summed E-state index contributed by atoms with van der Waals surface area (Å²) in [5.74, 6) is 0.667. The molecule has 1 rings (SSSR count). The number of rotatable bonds is 5. The Morgan fingerprint density at radius 2 is 2.18 bits per heavy atom. The van der Waals surface area contributed by atoms with Gasteiger partial charge in [-0.15, -0.1) is 0 Å². The monoisotopic (exact) mass is 232 g/mol. The van der Waals surface area contributed by atoms with Gasteiger partial charge in [-0.2, -0.15) is 0 Å². The summed E-state index contributed by atoms with van der Waals surface area (Å²) in [6, 6.07) is 5.78. The normalized spacial score (nSPS) is 13.5. The van der Waals surface area contributed by atoms with Gasteiger partial charge in [0.2, 0.25) is 0 Å². The highest BCUT2D eigenvalue weighted by Gasteiger charge is 2.09. The quantitative estimate of drug-likeness (QED) is 0.620. The van der Waals surface area contributed by atoms with Gasteiger partial charge in [-0.3, -0.25) is 4.79 Å². The SMILES string of the molecule is C/C(C=O)=C\CC[C@H](C)c1ccc(C)cc1O. The molecule has 17 heavy (non-hydrogen) atoms. The van der Waals surface area contributed by atoms with E-state index < -0.39 is 0 Å². The number of carbonyl (C=O) groups is 1. The number of phenols is 1. The van der Waals surface area contributed by atoms with Gasteiger partial charge >= 0.3 is 0 Å². The first-order valence-corrected chi connectivity index (χ1v) is 5.96. The predicted molar refractivity (Wildman–Crippen MR) is 70.3 cm³/mol. The van der Waals surface area contributed by atoms with Crippen molar-refractivity contribution >= 4 is 6.29 Å². The zero-order valence-electron chi connectivity index (χ0n) is 10.7. The third-order valence-electron chi connectivity index (χ3n) is 2.97. The van der Waals surface area contributed by atoms with Gasteiger partial charge in [0.15, 0.2) is 0 Å². The van der Waals surface area contributed by atoms with Crippen LogP contribution in [-0.4, -0.2) is 11.4 Å². The van der Waals surface area contributed by atoms with Crippen LogP contribution in [0.3, 0.4) is 0 Å². The van der Waals surface area contributed by atoms with Gasteiger partial charge in [0, 0.05) is 0 Å². The molecule has 0 heterocycles. The van der Waals surface area contributed by atoms with Crippen LogP contribution in [-0.2, 0) is 4.79 Å². The molecule has 1 N–H and O–H groups in total. The number of carbonyl (C=O) groups excluding carboxylic acids is 1. The fourth-order valence-corrected chi connectivity index (χ4v) is 1.84. The van der Waals surface area contributed by atoms with Crippen molar-refractivity contribution in [3.63, 3.8) is 0 Å². The maximum absolute atomic E-state index is 10.4.